The Bertz CT molecular complexity index is 805. The molecular weight excluding hydrogens is 326 g/mol. The quantitative estimate of drug-likeness (QED) is 0.649. The Morgan fingerprint density at radius 3 is 2.35 bits per heavy atom. The highest BCUT2D eigenvalue weighted by atomic mass is 32.2. The third-order valence-electron chi connectivity index (χ3n) is 3.62. The van der Waals surface area contributed by atoms with Crippen molar-refractivity contribution >= 4 is 46.0 Å². The first-order valence-electron chi connectivity index (χ1n) is 7.10. The van der Waals surface area contributed by atoms with E-state index in [1.807, 2.05) is 62.4 Å². The van der Waals surface area contributed by atoms with Crippen LogP contribution in [0.25, 0.3) is 6.08 Å². The number of nitrogens with zero attached hydrogens (tertiary/aromatic N) is 1. The number of thioether (sulfide) groups is 1. The molecule has 0 unspecified atom stereocenters. The number of para-hydroxylation sites is 1. The Labute approximate surface area is 144 Å². The van der Waals surface area contributed by atoms with Crippen LogP contribution in [-0.4, -0.2) is 15.3 Å². The minimum Gasteiger partial charge on any atom is -0.507 e. The van der Waals surface area contributed by atoms with Gasteiger partial charge in [-0.15, -0.1) is 0 Å². The molecular formula is C18H15NO2S2. The number of benzene rings is 2. The molecule has 0 aliphatic carbocycles. The molecule has 0 atom stereocenters. The third-order valence-corrected chi connectivity index (χ3v) is 4.92. The van der Waals surface area contributed by atoms with Crippen molar-refractivity contribution in [2.75, 3.05) is 4.90 Å². The van der Waals surface area contributed by atoms with Crippen LogP contribution in [0.15, 0.2) is 47.4 Å². The summed E-state index contributed by atoms with van der Waals surface area (Å²) >= 11 is 6.65. The number of thiocarbonyl (C=S) groups is 1. The Balaban J connectivity index is 1.96. The number of rotatable bonds is 2. The third kappa shape index (κ3) is 3.02. The molecule has 0 saturated carbocycles. The minimum atomic E-state index is -0.116. The van der Waals surface area contributed by atoms with E-state index in [0.717, 1.165) is 22.4 Å². The SMILES string of the molecule is Cc1cc(C=C2SC(=S)N(c3ccccc3)C2=O)cc(C)c1O. The van der Waals surface area contributed by atoms with Gasteiger partial charge < -0.3 is 5.11 Å². The van der Waals surface area contributed by atoms with E-state index in [4.69, 9.17) is 12.2 Å². The zero-order valence-corrected chi connectivity index (χ0v) is 14.4. The van der Waals surface area contributed by atoms with Crippen molar-refractivity contribution in [2.45, 2.75) is 13.8 Å². The molecule has 2 aromatic carbocycles. The van der Waals surface area contributed by atoms with E-state index in [-0.39, 0.29) is 5.91 Å². The van der Waals surface area contributed by atoms with Gasteiger partial charge in [0.1, 0.15) is 5.75 Å². The van der Waals surface area contributed by atoms with E-state index in [0.29, 0.717) is 15.0 Å². The fourth-order valence-corrected chi connectivity index (χ4v) is 3.79. The number of phenolic OH excluding ortho intramolecular Hbond substituents is 1. The van der Waals surface area contributed by atoms with Gasteiger partial charge in [0.05, 0.1) is 10.6 Å². The molecule has 0 aromatic heterocycles. The lowest BCUT2D eigenvalue weighted by atomic mass is 10.1. The normalized spacial score (nSPS) is 16.4. The summed E-state index contributed by atoms with van der Waals surface area (Å²) in [6, 6.07) is 13.1. The van der Waals surface area contributed by atoms with Gasteiger partial charge in [-0.2, -0.15) is 0 Å². The fraction of sp³-hybridized carbons (Fsp3) is 0.111. The van der Waals surface area contributed by atoms with Crippen LogP contribution >= 0.6 is 24.0 Å². The smallest absolute Gasteiger partial charge is 0.270 e. The molecule has 1 N–H and O–H groups in total. The maximum absolute atomic E-state index is 12.7. The summed E-state index contributed by atoms with van der Waals surface area (Å²) in [6.07, 6.45) is 1.82. The number of amides is 1. The van der Waals surface area contributed by atoms with Gasteiger partial charge in [0.2, 0.25) is 0 Å². The lowest BCUT2D eigenvalue weighted by Crippen LogP contribution is -2.27. The van der Waals surface area contributed by atoms with Crippen molar-refractivity contribution in [3.05, 3.63) is 64.1 Å². The van der Waals surface area contributed by atoms with Crippen molar-refractivity contribution in [2.24, 2.45) is 0 Å². The molecule has 1 fully saturated rings. The van der Waals surface area contributed by atoms with E-state index in [9.17, 15) is 9.90 Å². The van der Waals surface area contributed by atoms with Gasteiger partial charge >= 0.3 is 0 Å². The van der Waals surface area contributed by atoms with E-state index < -0.39 is 0 Å². The van der Waals surface area contributed by atoms with Gasteiger partial charge in [0, 0.05) is 0 Å². The molecule has 5 heteroatoms. The molecule has 2 aromatic rings. The van der Waals surface area contributed by atoms with Crippen molar-refractivity contribution in [1.29, 1.82) is 0 Å². The summed E-state index contributed by atoms with van der Waals surface area (Å²) in [4.78, 5) is 14.8. The molecule has 1 aliphatic heterocycles. The molecule has 1 saturated heterocycles. The molecule has 3 rings (SSSR count). The van der Waals surface area contributed by atoms with Crippen LogP contribution in [0.3, 0.4) is 0 Å². The summed E-state index contributed by atoms with van der Waals surface area (Å²) in [7, 11) is 0. The van der Waals surface area contributed by atoms with Crippen molar-refractivity contribution < 1.29 is 9.90 Å². The van der Waals surface area contributed by atoms with Crippen LogP contribution in [0.2, 0.25) is 0 Å². The number of hydrogen-bond acceptors (Lipinski definition) is 4. The van der Waals surface area contributed by atoms with E-state index in [1.54, 1.807) is 4.90 Å². The van der Waals surface area contributed by atoms with Crippen LogP contribution < -0.4 is 4.90 Å². The average molecular weight is 341 g/mol. The topological polar surface area (TPSA) is 40.5 Å². The number of hydrogen-bond donors (Lipinski definition) is 1. The second-order valence-electron chi connectivity index (χ2n) is 5.36. The van der Waals surface area contributed by atoms with Crippen molar-refractivity contribution in [3.63, 3.8) is 0 Å². The minimum absolute atomic E-state index is 0.116. The van der Waals surface area contributed by atoms with E-state index in [2.05, 4.69) is 0 Å². The molecule has 1 aliphatic rings. The monoisotopic (exact) mass is 341 g/mol. The Hall–Kier alpha value is -2.11. The average Bonchev–Trinajstić information content (AvgIpc) is 2.80. The van der Waals surface area contributed by atoms with Gasteiger partial charge in [-0.05, 0) is 60.9 Å². The molecule has 3 nitrogen and oxygen atoms in total. The maximum atomic E-state index is 12.7. The van der Waals surface area contributed by atoms with Crippen LogP contribution in [0.4, 0.5) is 5.69 Å². The second kappa shape index (κ2) is 6.18. The highest BCUT2D eigenvalue weighted by Crippen LogP contribution is 2.36. The second-order valence-corrected chi connectivity index (χ2v) is 7.03. The van der Waals surface area contributed by atoms with Crippen LogP contribution in [-0.2, 0) is 4.79 Å². The van der Waals surface area contributed by atoms with Crippen molar-refractivity contribution in [3.8, 4) is 5.75 Å². The highest BCUT2D eigenvalue weighted by molar-refractivity contribution is 8.27. The summed E-state index contributed by atoms with van der Waals surface area (Å²) < 4.78 is 0.527. The number of phenols is 1. The Morgan fingerprint density at radius 2 is 1.74 bits per heavy atom. The van der Waals surface area contributed by atoms with Gasteiger partial charge in [0.15, 0.2) is 4.32 Å². The standard InChI is InChI=1S/C18H15NO2S2/c1-11-8-13(9-12(2)16(11)20)10-15-17(21)19(18(22)23-15)14-6-4-3-5-7-14/h3-10,20H,1-2H3. The Morgan fingerprint density at radius 1 is 1.13 bits per heavy atom. The molecule has 116 valence electrons. The van der Waals surface area contributed by atoms with Gasteiger partial charge in [-0.3, -0.25) is 9.69 Å². The van der Waals surface area contributed by atoms with Gasteiger partial charge in [-0.1, -0.05) is 42.2 Å². The summed E-state index contributed by atoms with van der Waals surface area (Å²) in [6.45, 7) is 3.68. The molecule has 0 spiro atoms. The number of carbonyl (C=O) groups excluding carboxylic acids is 1. The first kappa shape index (κ1) is 15.8. The number of anilines is 1. The molecule has 1 heterocycles. The molecule has 0 radical (unpaired) electrons. The maximum Gasteiger partial charge on any atom is 0.270 e. The highest BCUT2D eigenvalue weighted by Gasteiger charge is 2.33. The molecule has 1 amide bonds. The zero-order valence-electron chi connectivity index (χ0n) is 12.7. The predicted octanol–water partition coefficient (Wildman–Crippen LogP) is 4.41. The fourth-order valence-electron chi connectivity index (χ4n) is 2.49. The number of aromatic hydroxyl groups is 1. The van der Waals surface area contributed by atoms with Gasteiger partial charge in [0.25, 0.3) is 5.91 Å². The van der Waals surface area contributed by atoms with Crippen LogP contribution in [0.1, 0.15) is 16.7 Å². The number of aryl methyl sites for hydroxylation is 2. The van der Waals surface area contributed by atoms with Crippen LogP contribution in [0, 0.1) is 13.8 Å². The van der Waals surface area contributed by atoms with Crippen molar-refractivity contribution in [1.82, 2.24) is 0 Å². The first-order chi connectivity index (χ1) is 11.0. The predicted molar refractivity (Wildman–Crippen MR) is 99.7 cm³/mol. The Kier molecular flexibility index (Phi) is 4.24. The van der Waals surface area contributed by atoms with Crippen LogP contribution in [0.5, 0.6) is 5.75 Å². The number of carbonyl (C=O) groups is 1. The lowest BCUT2D eigenvalue weighted by molar-refractivity contribution is -0.113. The van der Waals surface area contributed by atoms with E-state index in [1.165, 1.54) is 11.8 Å². The summed E-state index contributed by atoms with van der Waals surface area (Å²) in [5, 5.41) is 9.85. The first-order valence-corrected chi connectivity index (χ1v) is 8.33. The largest absolute Gasteiger partial charge is 0.507 e. The summed E-state index contributed by atoms with van der Waals surface area (Å²) in [5.74, 6) is 0.175. The molecule has 23 heavy (non-hydrogen) atoms. The zero-order chi connectivity index (χ0) is 16.6. The summed E-state index contributed by atoms with van der Waals surface area (Å²) in [5.41, 5.74) is 3.23. The molecule has 0 bridgehead atoms. The van der Waals surface area contributed by atoms with E-state index >= 15 is 0 Å². The van der Waals surface area contributed by atoms with Gasteiger partial charge in [-0.25, -0.2) is 0 Å². The lowest BCUT2D eigenvalue weighted by Gasteiger charge is -2.13.